The third-order valence-electron chi connectivity index (χ3n) is 4.73. The van der Waals surface area contributed by atoms with E-state index in [1.54, 1.807) is 24.9 Å². The number of nitrogens with one attached hydrogen (secondary N) is 2. The number of rotatable bonds is 7. The minimum atomic E-state index is -0.304. The average molecular weight is 419 g/mol. The molecule has 2 N–H and O–H groups in total. The molecule has 0 aliphatic rings. The maximum Gasteiger partial charge on any atom is 0.320 e. The lowest BCUT2D eigenvalue weighted by molar-refractivity contribution is 0.252. The number of imidazole rings is 1. The second kappa shape index (κ2) is 8.97. The number of carbonyl (C=O) groups is 1. The SMILES string of the molecule is CCNC(=O)Nc1cn2c(-c3nc(CCN(C)C)co3)cc(-c3cccnc3)cc2n1. The van der Waals surface area contributed by atoms with Gasteiger partial charge >= 0.3 is 6.03 Å². The number of nitrogens with zero attached hydrogens (tertiary/aromatic N) is 5. The van der Waals surface area contributed by atoms with Crippen LogP contribution in [0, 0.1) is 0 Å². The number of anilines is 1. The highest BCUT2D eigenvalue weighted by Gasteiger charge is 2.16. The minimum Gasteiger partial charge on any atom is -0.443 e. The molecule has 0 aromatic carbocycles. The Morgan fingerprint density at radius 3 is 2.84 bits per heavy atom. The van der Waals surface area contributed by atoms with Gasteiger partial charge in [0.15, 0.2) is 5.82 Å². The van der Waals surface area contributed by atoms with Gasteiger partial charge in [-0.3, -0.25) is 14.7 Å². The quantitative estimate of drug-likeness (QED) is 0.477. The van der Waals surface area contributed by atoms with Crippen molar-refractivity contribution in [3.05, 3.63) is 54.8 Å². The van der Waals surface area contributed by atoms with Crippen molar-refractivity contribution >= 4 is 17.5 Å². The fourth-order valence-electron chi connectivity index (χ4n) is 3.21. The van der Waals surface area contributed by atoms with E-state index in [0.717, 1.165) is 35.5 Å². The Morgan fingerprint density at radius 2 is 2.10 bits per heavy atom. The minimum absolute atomic E-state index is 0.304. The Hall–Kier alpha value is -3.72. The van der Waals surface area contributed by atoms with Crippen molar-refractivity contribution in [1.29, 1.82) is 0 Å². The summed E-state index contributed by atoms with van der Waals surface area (Å²) in [6.45, 7) is 3.27. The maximum atomic E-state index is 11.9. The van der Waals surface area contributed by atoms with Gasteiger partial charge in [-0.2, -0.15) is 0 Å². The predicted molar refractivity (Wildman–Crippen MR) is 119 cm³/mol. The van der Waals surface area contributed by atoms with E-state index < -0.39 is 0 Å². The van der Waals surface area contributed by atoms with Crippen LogP contribution in [-0.4, -0.2) is 57.5 Å². The van der Waals surface area contributed by atoms with E-state index in [-0.39, 0.29) is 6.03 Å². The normalized spacial score (nSPS) is 11.2. The Morgan fingerprint density at radius 1 is 1.23 bits per heavy atom. The summed E-state index contributed by atoms with van der Waals surface area (Å²) in [6, 6.07) is 7.50. The van der Waals surface area contributed by atoms with Crippen molar-refractivity contribution < 1.29 is 9.21 Å². The van der Waals surface area contributed by atoms with Crippen LogP contribution in [0.1, 0.15) is 12.6 Å². The largest absolute Gasteiger partial charge is 0.443 e. The number of oxazole rings is 1. The third-order valence-corrected chi connectivity index (χ3v) is 4.73. The number of likely N-dealkylation sites (N-methyl/N-ethyl adjacent to an activating group) is 1. The van der Waals surface area contributed by atoms with Gasteiger partial charge in [0.25, 0.3) is 0 Å². The molecule has 2 amide bonds. The zero-order valence-corrected chi connectivity index (χ0v) is 17.8. The molecule has 0 fully saturated rings. The van der Waals surface area contributed by atoms with Gasteiger partial charge in [0.05, 0.1) is 11.9 Å². The maximum absolute atomic E-state index is 11.9. The predicted octanol–water partition coefficient (Wildman–Crippen LogP) is 3.30. The summed E-state index contributed by atoms with van der Waals surface area (Å²) in [5, 5.41) is 5.46. The Kier molecular flexibility index (Phi) is 5.94. The number of hydrogen-bond donors (Lipinski definition) is 2. The van der Waals surface area contributed by atoms with E-state index in [1.807, 2.05) is 49.7 Å². The van der Waals surface area contributed by atoms with E-state index >= 15 is 0 Å². The lowest BCUT2D eigenvalue weighted by Crippen LogP contribution is -2.28. The molecular formula is C22H25N7O2. The molecule has 0 bridgehead atoms. The van der Waals surface area contributed by atoms with Crippen molar-refractivity contribution in [2.75, 3.05) is 32.5 Å². The first-order valence-electron chi connectivity index (χ1n) is 10.1. The van der Waals surface area contributed by atoms with Crippen LogP contribution in [0.25, 0.3) is 28.4 Å². The molecule has 4 rings (SSSR count). The first-order valence-corrected chi connectivity index (χ1v) is 10.1. The highest BCUT2D eigenvalue weighted by molar-refractivity contribution is 5.88. The second-order valence-electron chi connectivity index (χ2n) is 7.41. The van der Waals surface area contributed by atoms with Crippen LogP contribution >= 0.6 is 0 Å². The number of amides is 2. The smallest absolute Gasteiger partial charge is 0.320 e. The summed E-state index contributed by atoms with van der Waals surface area (Å²) in [5.74, 6) is 0.932. The van der Waals surface area contributed by atoms with Gasteiger partial charge in [-0.05, 0) is 44.8 Å². The van der Waals surface area contributed by atoms with E-state index in [4.69, 9.17) is 4.42 Å². The van der Waals surface area contributed by atoms with Crippen LogP contribution in [0.5, 0.6) is 0 Å². The molecule has 0 aliphatic carbocycles. The first kappa shape index (κ1) is 20.5. The van der Waals surface area contributed by atoms with Gasteiger partial charge in [-0.25, -0.2) is 14.8 Å². The van der Waals surface area contributed by atoms with Gasteiger partial charge < -0.3 is 14.6 Å². The van der Waals surface area contributed by atoms with E-state index in [9.17, 15) is 4.79 Å². The molecular weight excluding hydrogens is 394 g/mol. The molecule has 0 saturated carbocycles. The standard InChI is InChI=1S/C22H25N7O2/c1-4-24-22(30)27-19-13-29-18(21-25-17(14-31-21)7-9-28(2)3)10-16(11-20(29)26-19)15-6-5-8-23-12-15/h5-6,8,10-14H,4,7,9H2,1-3H3,(H2,24,27,30). The zero-order valence-electron chi connectivity index (χ0n) is 17.8. The Bertz CT molecular complexity index is 1180. The first-order chi connectivity index (χ1) is 15.0. The highest BCUT2D eigenvalue weighted by atomic mass is 16.3. The Labute approximate surface area is 180 Å². The van der Waals surface area contributed by atoms with Crippen molar-refractivity contribution in [2.45, 2.75) is 13.3 Å². The number of fused-ring (bicyclic) bond motifs is 1. The van der Waals surface area contributed by atoms with Crippen LogP contribution in [0.2, 0.25) is 0 Å². The molecule has 9 heteroatoms. The summed E-state index contributed by atoms with van der Waals surface area (Å²) < 4.78 is 7.68. The number of hydrogen-bond acceptors (Lipinski definition) is 6. The van der Waals surface area contributed by atoms with Gasteiger partial charge in [-0.15, -0.1) is 0 Å². The number of carbonyl (C=O) groups excluding carboxylic acids is 1. The van der Waals surface area contributed by atoms with Crippen molar-refractivity contribution in [1.82, 2.24) is 29.6 Å². The van der Waals surface area contributed by atoms with E-state index in [2.05, 4.69) is 30.5 Å². The summed E-state index contributed by atoms with van der Waals surface area (Å²) in [5.41, 5.74) is 4.16. The lowest BCUT2D eigenvalue weighted by Gasteiger charge is -2.07. The summed E-state index contributed by atoms with van der Waals surface area (Å²) in [6.07, 6.45) is 7.76. The topological polar surface area (TPSA) is 101 Å². The molecule has 0 unspecified atom stereocenters. The monoisotopic (exact) mass is 419 g/mol. The third kappa shape index (κ3) is 4.72. The Balaban J connectivity index is 1.77. The van der Waals surface area contributed by atoms with Gasteiger partial charge in [0.2, 0.25) is 5.89 Å². The molecule has 9 nitrogen and oxygen atoms in total. The molecule has 4 aromatic heterocycles. The van der Waals surface area contributed by atoms with Crippen molar-refractivity contribution in [3.63, 3.8) is 0 Å². The molecule has 31 heavy (non-hydrogen) atoms. The van der Waals surface area contributed by atoms with Crippen LogP contribution in [0.3, 0.4) is 0 Å². The van der Waals surface area contributed by atoms with Crippen LogP contribution in [0.15, 0.2) is 53.5 Å². The van der Waals surface area contributed by atoms with Gasteiger partial charge in [0.1, 0.15) is 17.6 Å². The molecule has 0 spiro atoms. The van der Waals surface area contributed by atoms with Crippen molar-refractivity contribution in [2.24, 2.45) is 0 Å². The molecule has 160 valence electrons. The van der Waals surface area contributed by atoms with Gasteiger partial charge in [0, 0.05) is 37.5 Å². The highest BCUT2D eigenvalue weighted by Crippen LogP contribution is 2.29. The fourth-order valence-corrected chi connectivity index (χ4v) is 3.21. The van der Waals surface area contributed by atoms with Crippen LogP contribution in [-0.2, 0) is 6.42 Å². The zero-order chi connectivity index (χ0) is 21.8. The van der Waals surface area contributed by atoms with Gasteiger partial charge in [-0.1, -0.05) is 6.07 Å². The molecule has 4 heterocycles. The van der Waals surface area contributed by atoms with Crippen LogP contribution < -0.4 is 10.6 Å². The fraction of sp³-hybridized carbons (Fsp3) is 0.273. The molecule has 0 radical (unpaired) electrons. The summed E-state index contributed by atoms with van der Waals surface area (Å²) >= 11 is 0. The number of aromatic nitrogens is 4. The molecule has 0 aliphatic heterocycles. The molecule has 0 atom stereocenters. The van der Waals surface area contributed by atoms with E-state index in [1.165, 1.54) is 0 Å². The molecule has 0 saturated heterocycles. The summed E-state index contributed by atoms with van der Waals surface area (Å²) in [7, 11) is 4.05. The summed E-state index contributed by atoms with van der Waals surface area (Å²) in [4.78, 5) is 27.5. The van der Waals surface area contributed by atoms with Crippen molar-refractivity contribution in [3.8, 4) is 22.7 Å². The average Bonchev–Trinajstić information content (AvgIpc) is 3.38. The number of urea groups is 1. The second-order valence-corrected chi connectivity index (χ2v) is 7.41. The molecule has 4 aromatic rings. The number of pyridine rings is 2. The lowest BCUT2D eigenvalue weighted by atomic mass is 10.1. The van der Waals surface area contributed by atoms with Crippen LogP contribution in [0.4, 0.5) is 10.6 Å². The van der Waals surface area contributed by atoms with E-state index in [0.29, 0.717) is 23.9 Å².